The number of halogens is 5. The van der Waals surface area contributed by atoms with Gasteiger partial charge in [0.1, 0.15) is 30.0 Å². The maximum absolute atomic E-state index is 13.9. The number of benzene rings is 1. The zero-order valence-electron chi connectivity index (χ0n) is 18.8. The van der Waals surface area contributed by atoms with Crippen LogP contribution in [0.4, 0.5) is 22.0 Å². The summed E-state index contributed by atoms with van der Waals surface area (Å²) in [5.41, 5.74) is 0.121. The maximum atomic E-state index is 13.9. The van der Waals surface area contributed by atoms with Gasteiger partial charge in [0.25, 0.3) is 5.91 Å². The summed E-state index contributed by atoms with van der Waals surface area (Å²) in [5, 5.41) is 2.40. The van der Waals surface area contributed by atoms with E-state index in [9.17, 15) is 31.5 Å². The lowest BCUT2D eigenvalue weighted by molar-refractivity contribution is -0.145. The minimum Gasteiger partial charge on any atom is -0.485 e. The molecule has 0 saturated heterocycles. The number of amides is 1. The highest BCUT2D eigenvalue weighted by molar-refractivity contribution is 5.97. The summed E-state index contributed by atoms with van der Waals surface area (Å²) >= 11 is 0. The SMILES string of the molecule is COC(=O)[C@H](CCCC(F)(F)F)NC(=O)c1c(C)nc2c(OCc3c(F)cccc3F)cccn12. The molecule has 0 bridgehead atoms. The Kier molecular flexibility index (Phi) is 7.92. The van der Waals surface area contributed by atoms with E-state index in [4.69, 9.17) is 4.74 Å². The van der Waals surface area contributed by atoms with Gasteiger partial charge in [-0.2, -0.15) is 13.2 Å². The zero-order valence-corrected chi connectivity index (χ0v) is 18.8. The molecule has 1 amide bonds. The summed E-state index contributed by atoms with van der Waals surface area (Å²) in [6, 6.07) is 5.12. The molecule has 12 heteroatoms. The number of rotatable bonds is 9. The number of pyridine rings is 1. The van der Waals surface area contributed by atoms with Crippen LogP contribution >= 0.6 is 0 Å². The number of aryl methyl sites for hydroxylation is 1. The number of carbonyl (C=O) groups excluding carboxylic acids is 2. The van der Waals surface area contributed by atoms with Gasteiger partial charge in [-0.05, 0) is 44.0 Å². The van der Waals surface area contributed by atoms with Crippen LogP contribution in [0.3, 0.4) is 0 Å². The van der Waals surface area contributed by atoms with Crippen molar-refractivity contribution in [2.24, 2.45) is 0 Å². The van der Waals surface area contributed by atoms with Crippen LogP contribution < -0.4 is 10.1 Å². The minimum absolute atomic E-state index is 0.00671. The molecule has 188 valence electrons. The van der Waals surface area contributed by atoms with Gasteiger partial charge in [-0.1, -0.05) is 6.07 Å². The van der Waals surface area contributed by atoms with E-state index >= 15 is 0 Å². The number of carbonyl (C=O) groups is 2. The van der Waals surface area contributed by atoms with E-state index in [1.54, 1.807) is 0 Å². The predicted molar refractivity (Wildman–Crippen MR) is 114 cm³/mol. The third-order valence-corrected chi connectivity index (χ3v) is 5.18. The summed E-state index contributed by atoms with van der Waals surface area (Å²) in [5.74, 6) is -3.09. The molecule has 2 aromatic heterocycles. The molecule has 2 heterocycles. The number of ether oxygens (including phenoxy) is 2. The van der Waals surface area contributed by atoms with Gasteiger partial charge in [0, 0.05) is 12.6 Å². The van der Waals surface area contributed by atoms with Crippen molar-refractivity contribution in [2.45, 2.75) is 45.0 Å². The first kappa shape index (κ1) is 25.9. The predicted octanol–water partition coefficient (Wildman–Crippen LogP) is 4.50. The number of hydrogen-bond donors (Lipinski definition) is 1. The molecule has 35 heavy (non-hydrogen) atoms. The van der Waals surface area contributed by atoms with E-state index in [0.29, 0.717) is 0 Å². The van der Waals surface area contributed by atoms with Crippen molar-refractivity contribution in [3.8, 4) is 5.75 Å². The Morgan fingerprint density at radius 3 is 2.46 bits per heavy atom. The molecule has 0 saturated carbocycles. The van der Waals surface area contributed by atoms with Crippen molar-refractivity contribution in [3.05, 3.63) is 65.1 Å². The monoisotopic (exact) mass is 499 g/mol. The van der Waals surface area contributed by atoms with Crippen molar-refractivity contribution in [2.75, 3.05) is 7.11 Å². The summed E-state index contributed by atoms with van der Waals surface area (Å²) in [6.45, 7) is 1.08. The first-order valence-corrected chi connectivity index (χ1v) is 10.5. The standard InChI is InChI=1S/C23H22F5N3O4/c1-13-19(21(32)30-17(22(33)34-2)8-4-10-23(26,27)28)31-11-5-9-18(20(31)29-13)35-12-14-15(24)6-3-7-16(14)25/h3,5-7,9,11,17H,4,8,10,12H2,1-2H3,(H,30,32)/t17-/m0/s1. The van der Waals surface area contributed by atoms with Crippen molar-refractivity contribution in [1.29, 1.82) is 0 Å². The largest absolute Gasteiger partial charge is 0.485 e. The maximum Gasteiger partial charge on any atom is 0.389 e. The molecule has 1 aromatic carbocycles. The third-order valence-electron chi connectivity index (χ3n) is 5.18. The van der Waals surface area contributed by atoms with Gasteiger partial charge in [-0.25, -0.2) is 18.6 Å². The highest BCUT2D eigenvalue weighted by Gasteiger charge is 2.30. The first-order chi connectivity index (χ1) is 16.5. The van der Waals surface area contributed by atoms with Gasteiger partial charge in [-0.3, -0.25) is 9.20 Å². The normalized spacial score (nSPS) is 12.4. The third kappa shape index (κ3) is 6.25. The number of esters is 1. The van der Waals surface area contributed by atoms with Crippen LogP contribution in [-0.2, 0) is 16.1 Å². The van der Waals surface area contributed by atoms with E-state index in [2.05, 4.69) is 15.0 Å². The summed E-state index contributed by atoms with van der Waals surface area (Å²) in [7, 11) is 1.06. The van der Waals surface area contributed by atoms with E-state index < -0.39 is 48.8 Å². The molecule has 0 aliphatic heterocycles. The van der Waals surface area contributed by atoms with Crippen LogP contribution in [-0.4, -0.2) is 40.6 Å². The summed E-state index contributed by atoms with van der Waals surface area (Å²) in [6.07, 6.45) is -4.70. The molecule has 7 nitrogen and oxygen atoms in total. The van der Waals surface area contributed by atoms with Gasteiger partial charge in [0.15, 0.2) is 11.4 Å². The number of fused-ring (bicyclic) bond motifs is 1. The van der Waals surface area contributed by atoms with E-state index in [0.717, 1.165) is 19.2 Å². The van der Waals surface area contributed by atoms with E-state index in [1.165, 1.54) is 35.7 Å². The van der Waals surface area contributed by atoms with E-state index in [1.807, 2.05) is 0 Å². The highest BCUT2D eigenvalue weighted by Crippen LogP contribution is 2.25. The first-order valence-electron chi connectivity index (χ1n) is 10.5. The number of imidazole rings is 1. The van der Waals surface area contributed by atoms with Crippen molar-refractivity contribution >= 4 is 17.5 Å². The Morgan fingerprint density at radius 1 is 1.14 bits per heavy atom. The highest BCUT2D eigenvalue weighted by atomic mass is 19.4. The average Bonchev–Trinajstić information content (AvgIpc) is 3.13. The van der Waals surface area contributed by atoms with Gasteiger partial charge in [0.2, 0.25) is 0 Å². The van der Waals surface area contributed by atoms with E-state index in [-0.39, 0.29) is 41.2 Å². The second-order valence-corrected chi connectivity index (χ2v) is 7.66. The fourth-order valence-electron chi connectivity index (χ4n) is 3.49. The summed E-state index contributed by atoms with van der Waals surface area (Å²) in [4.78, 5) is 29.3. The molecular formula is C23H22F5N3O4. The Labute approximate surface area is 196 Å². The van der Waals surface area contributed by atoms with Crippen LogP contribution in [0.5, 0.6) is 5.75 Å². The lowest BCUT2D eigenvalue weighted by Gasteiger charge is -2.17. The molecule has 0 radical (unpaired) electrons. The molecule has 3 rings (SSSR count). The second kappa shape index (κ2) is 10.7. The Hall–Kier alpha value is -3.70. The number of nitrogens with zero attached hydrogens (tertiary/aromatic N) is 2. The van der Waals surface area contributed by atoms with Crippen LogP contribution in [0.25, 0.3) is 5.65 Å². The Bertz CT molecular complexity index is 1210. The molecule has 0 spiro atoms. The second-order valence-electron chi connectivity index (χ2n) is 7.66. The van der Waals surface area contributed by atoms with Crippen LogP contribution in [0.15, 0.2) is 36.5 Å². The Morgan fingerprint density at radius 2 is 1.83 bits per heavy atom. The molecule has 0 fully saturated rings. The van der Waals surface area contributed by atoms with Crippen molar-refractivity contribution in [1.82, 2.24) is 14.7 Å². The van der Waals surface area contributed by atoms with Gasteiger partial charge < -0.3 is 14.8 Å². The fourth-order valence-corrected chi connectivity index (χ4v) is 3.49. The lowest BCUT2D eigenvalue weighted by atomic mass is 10.1. The van der Waals surface area contributed by atoms with Gasteiger partial charge in [0.05, 0.1) is 18.4 Å². The fraction of sp³-hybridized carbons (Fsp3) is 0.348. The molecule has 1 N–H and O–H groups in total. The molecule has 0 aliphatic rings. The molecule has 3 aromatic rings. The molecule has 0 aliphatic carbocycles. The van der Waals surface area contributed by atoms with Crippen LogP contribution in [0.2, 0.25) is 0 Å². The van der Waals surface area contributed by atoms with Gasteiger partial charge in [-0.15, -0.1) is 0 Å². The Balaban J connectivity index is 1.82. The molecule has 1 atom stereocenters. The molecule has 0 unspecified atom stereocenters. The minimum atomic E-state index is -4.40. The zero-order chi connectivity index (χ0) is 25.8. The number of nitrogens with one attached hydrogen (secondary N) is 1. The average molecular weight is 499 g/mol. The van der Waals surface area contributed by atoms with Crippen molar-refractivity contribution in [3.63, 3.8) is 0 Å². The lowest BCUT2D eigenvalue weighted by Crippen LogP contribution is -2.42. The quantitative estimate of drug-likeness (QED) is 0.346. The topological polar surface area (TPSA) is 81.9 Å². The summed E-state index contributed by atoms with van der Waals surface area (Å²) < 4.78 is 76.8. The van der Waals surface area contributed by atoms with Crippen LogP contribution in [0.1, 0.15) is 41.0 Å². The van der Waals surface area contributed by atoms with Gasteiger partial charge >= 0.3 is 12.1 Å². The van der Waals surface area contributed by atoms with Crippen LogP contribution in [0, 0.1) is 18.6 Å². The number of aromatic nitrogens is 2. The number of alkyl halides is 3. The number of methoxy groups -OCH3 is 1. The number of hydrogen-bond acceptors (Lipinski definition) is 5. The smallest absolute Gasteiger partial charge is 0.389 e. The molecular weight excluding hydrogens is 477 g/mol. The van der Waals surface area contributed by atoms with Crippen molar-refractivity contribution < 1.29 is 41.0 Å².